The Morgan fingerprint density at radius 3 is 2.60 bits per heavy atom. The van der Waals surface area contributed by atoms with E-state index in [2.05, 4.69) is 14.9 Å². The zero-order valence-electron chi connectivity index (χ0n) is 12.3. The van der Waals surface area contributed by atoms with Crippen molar-refractivity contribution in [3.05, 3.63) is 10.6 Å². The van der Waals surface area contributed by atoms with Gasteiger partial charge in [-0.05, 0) is 31.3 Å². The van der Waals surface area contributed by atoms with Crippen molar-refractivity contribution in [3.63, 3.8) is 0 Å². The van der Waals surface area contributed by atoms with Crippen LogP contribution in [0.2, 0.25) is 0 Å². The molecule has 0 aliphatic rings. The van der Waals surface area contributed by atoms with Crippen molar-refractivity contribution in [1.82, 2.24) is 14.9 Å². The van der Waals surface area contributed by atoms with E-state index in [1.807, 2.05) is 27.7 Å². The first-order valence-corrected chi connectivity index (χ1v) is 7.34. The molecule has 1 unspecified atom stereocenters. The number of nitrogens with zero attached hydrogens (tertiary/aromatic N) is 2. The lowest BCUT2D eigenvalue weighted by molar-refractivity contribution is -0.137. The number of hydrogen-bond acceptors (Lipinski definition) is 5. The van der Waals surface area contributed by atoms with Crippen molar-refractivity contribution >= 4 is 23.4 Å². The molecule has 0 aliphatic carbocycles. The fourth-order valence-electron chi connectivity index (χ4n) is 1.75. The van der Waals surface area contributed by atoms with Gasteiger partial charge in [0.15, 0.2) is 0 Å². The van der Waals surface area contributed by atoms with Gasteiger partial charge in [0.05, 0.1) is 5.69 Å². The second-order valence-electron chi connectivity index (χ2n) is 5.86. The summed E-state index contributed by atoms with van der Waals surface area (Å²) in [7, 11) is 0. The van der Waals surface area contributed by atoms with Gasteiger partial charge >= 0.3 is 5.97 Å². The van der Waals surface area contributed by atoms with Crippen molar-refractivity contribution in [2.75, 3.05) is 0 Å². The van der Waals surface area contributed by atoms with Crippen LogP contribution in [0.1, 0.15) is 62.3 Å². The molecule has 1 amide bonds. The Bertz CT molecular complexity index is 479. The van der Waals surface area contributed by atoms with Gasteiger partial charge in [0, 0.05) is 17.9 Å². The topological polar surface area (TPSA) is 92.2 Å². The number of aliphatic carboxylic acids is 1. The molecule has 0 saturated carbocycles. The smallest absolute Gasteiger partial charge is 0.303 e. The lowest BCUT2D eigenvalue weighted by atomic mass is 9.91. The Hall–Kier alpha value is -1.50. The summed E-state index contributed by atoms with van der Waals surface area (Å²) in [5.74, 6) is -1.00. The number of carbonyl (C=O) groups excluding carboxylic acids is 1. The molecule has 0 aliphatic heterocycles. The van der Waals surface area contributed by atoms with Crippen molar-refractivity contribution in [3.8, 4) is 0 Å². The van der Waals surface area contributed by atoms with Crippen molar-refractivity contribution in [2.24, 2.45) is 0 Å². The van der Waals surface area contributed by atoms with Crippen LogP contribution < -0.4 is 5.32 Å². The van der Waals surface area contributed by atoms with Gasteiger partial charge in [-0.1, -0.05) is 25.3 Å². The van der Waals surface area contributed by atoms with Gasteiger partial charge in [-0.15, -0.1) is 5.10 Å². The molecule has 0 saturated heterocycles. The highest BCUT2D eigenvalue weighted by molar-refractivity contribution is 7.08. The Morgan fingerprint density at radius 2 is 2.05 bits per heavy atom. The monoisotopic (exact) mass is 299 g/mol. The largest absolute Gasteiger partial charge is 0.481 e. The summed E-state index contributed by atoms with van der Waals surface area (Å²) in [5, 5.41) is 15.5. The van der Waals surface area contributed by atoms with E-state index >= 15 is 0 Å². The van der Waals surface area contributed by atoms with E-state index < -0.39 is 5.97 Å². The standard InChI is InChI=1S/C13H21N3O3S/c1-8(6-5-7-9(17)18)14-12(19)10-11(13(2,3)4)15-16-20-10/h8H,5-7H2,1-4H3,(H,14,19)(H,17,18). The predicted octanol–water partition coefficient (Wildman–Crippen LogP) is 2.21. The summed E-state index contributed by atoms with van der Waals surface area (Å²) in [5.41, 5.74) is 0.462. The first-order chi connectivity index (χ1) is 9.21. The summed E-state index contributed by atoms with van der Waals surface area (Å²) in [6.45, 7) is 7.81. The lowest BCUT2D eigenvalue weighted by Gasteiger charge is -2.17. The number of carboxylic acids is 1. The van der Waals surface area contributed by atoms with Crippen LogP contribution in [0.15, 0.2) is 0 Å². The normalized spacial score (nSPS) is 13.0. The van der Waals surface area contributed by atoms with Gasteiger partial charge in [0.2, 0.25) is 0 Å². The minimum atomic E-state index is -0.815. The van der Waals surface area contributed by atoms with Crippen molar-refractivity contribution in [2.45, 2.75) is 58.4 Å². The quantitative estimate of drug-likeness (QED) is 0.840. The van der Waals surface area contributed by atoms with Gasteiger partial charge in [-0.2, -0.15) is 0 Å². The van der Waals surface area contributed by atoms with E-state index in [4.69, 9.17) is 5.11 Å². The minimum Gasteiger partial charge on any atom is -0.481 e. The maximum Gasteiger partial charge on any atom is 0.303 e. The highest BCUT2D eigenvalue weighted by Gasteiger charge is 2.26. The maximum absolute atomic E-state index is 12.2. The fraction of sp³-hybridized carbons (Fsp3) is 0.692. The Labute approximate surface area is 122 Å². The zero-order valence-corrected chi connectivity index (χ0v) is 13.1. The summed E-state index contributed by atoms with van der Waals surface area (Å²) < 4.78 is 3.86. The molecule has 1 heterocycles. The number of aromatic nitrogens is 2. The zero-order chi connectivity index (χ0) is 15.3. The molecule has 1 rings (SSSR count). The molecule has 1 aromatic rings. The van der Waals surface area contributed by atoms with Gasteiger partial charge in [0.1, 0.15) is 4.88 Å². The molecular weight excluding hydrogens is 278 g/mol. The van der Waals surface area contributed by atoms with E-state index in [0.717, 1.165) is 11.5 Å². The minimum absolute atomic E-state index is 0.0724. The maximum atomic E-state index is 12.2. The second-order valence-corrected chi connectivity index (χ2v) is 6.62. The molecule has 20 heavy (non-hydrogen) atoms. The fourth-order valence-corrected chi connectivity index (χ4v) is 2.53. The summed E-state index contributed by atoms with van der Waals surface area (Å²) in [4.78, 5) is 23.2. The molecule has 0 radical (unpaired) electrons. The number of carboxylic acid groups (broad SMARTS) is 1. The molecule has 6 nitrogen and oxygen atoms in total. The van der Waals surface area contributed by atoms with Crippen LogP contribution in [0.4, 0.5) is 0 Å². The molecule has 112 valence electrons. The number of nitrogens with one attached hydrogen (secondary N) is 1. The third-order valence-corrected chi connectivity index (χ3v) is 3.53. The average molecular weight is 299 g/mol. The molecule has 0 aromatic carbocycles. The van der Waals surface area contributed by atoms with Gasteiger partial charge in [-0.3, -0.25) is 9.59 Å². The third-order valence-electron chi connectivity index (χ3n) is 2.81. The Kier molecular flexibility index (Phi) is 5.62. The van der Waals surface area contributed by atoms with Crippen LogP contribution in [0.5, 0.6) is 0 Å². The van der Waals surface area contributed by atoms with Crippen LogP contribution in [-0.4, -0.2) is 32.6 Å². The number of rotatable bonds is 6. The summed E-state index contributed by atoms with van der Waals surface area (Å²) >= 11 is 1.09. The molecular formula is C13H21N3O3S. The number of hydrogen-bond donors (Lipinski definition) is 2. The summed E-state index contributed by atoms with van der Waals surface area (Å²) in [6, 6.07) is -0.0724. The summed E-state index contributed by atoms with van der Waals surface area (Å²) in [6.07, 6.45) is 1.30. The van der Waals surface area contributed by atoms with Crippen molar-refractivity contribution < 1.29 is 14.7 Å². The molecule has 0 bridgehead atoms. The van der Waals surface area contributed by atoms with Crippen LogP contribution in [0.25, 0.3) is 0 Å². The predicted molar refractivity (Wildman–Crippen MR) is 77.0 cm³/mol. The Morgan fingerprint density at radius 1 is 1.40 bits per heavy atom. The number of carbonyl (C=O) groups is 2. The highest BCUT2D eigenvalue weighted by Crippen LogP contribution is 2.25. The van der Waals surface area contributed by atoms with Gasteiger partial charge < -0.3 is 10.4 Å². The van der Waals surface area contributed by atoms with Crippen LogP contribution in [0.3, 0.4) is 0 Å². The van der Waals surface area contributed by atoms with Crippen LogP contribution >= 0.6 is 11.5 Å². The molecule has 1 atom stereocenters. The van der Waals surface area contributed by atoms with E-state index in [0.29, 0.717) is 23.4 Å². The Balaban J connectivity index is 2.59. The molecule has 2 N–H and O–H groups in total. The van der Waals surface area contributed by atoms with Gasteiger partial charge in [0.25, 0.3) is 5.91 Å². The molecule has 7 heteroatoms. The molecule has 1 aromatic heterocycles. The SMILES string of the molecule is CC(CCCC(=O)O)NC(=O)c1snnc1C(C)(C)C. The van der Waals surface area contributed by atoms with E-state index in [-0.39, 0.29) is 23.8 Å². The first-order valence-electron chi connectivity index (χ1n) is 6.57. The average Bonchev–Trinajstić information content (AvgIpc) is 2.76. The lowest BCUT2D eigenvalue weighted by Crippen LogP contribution is -2.33. The van der Waals surface area contributed by atoms with Crippen LogP contribution in [-0.2, 0) is 10.2 Å². The van der Waals surface area contributed by atoms with Gasteiger partial charge in [-0.25, -0.2) is 0 Å². The first kappa shape index (κ1) is 16.6. The van der Waals surface area contributed by atoms with Crippen molar-refractivity contribution in [1.29, 1.82) is 0 Å². The van der Waals surface area contributed by atoms with E-state index in [9.17, 15) is 9.59 Å². The molecule has 0 fully saturated rings. The highest BCUT2D eigenvalue weighted by atomic mass is 32.1. The van der Waals surface area contributed by atoms with Crippen LogP contribution in [0, 0.1) is 0 Å². The molecule has 0 spiro atoms. The van der Waals surface area contributed by atoms with E-state index in [1.54, 1.807) is 0 Å². The van der Waals surface area contributed by atoms with E-state index in [1.165, 1.54) is 0 Å². The third kappa shape index (κ3) is 4.88. The second kappa shape index (κ2) is 6.78. The number of amides is 1.